The number of benzene rings is 2. The van der Waals surface area contributed by atoms with Crippen molar-refractivity contribution in [2.24, 2.45) is 5.73 Å². The molecule has 3 rings (SSSR count). The van der Waals surface area contributed by atoms with Gasteiger partial charge in [0, 0.05) is 17.3 Å². The molecule has 4 N–H and O–H groups in total. The van der Waals surface area contributed by atoms with Crippen molar-refractivity contribution in [2.45, 2.75) is 44.9 Å². The lowest BCUT2D eigenvalue weighted by atomic mass is 9.83. The van der Waals surface area contributed by atoms with Crippen molar-refractivity contribution < 1.29 is 9.47 Å². The van der Waals surface area contributed by atoms with Gasteiger partial charge in [0.2, 0.25) is 5.88 Å². The highest BCUT2D eigenvalue weighted by Crippen LogP contribution is 2.42. The second-order valence-corrected chi connectivity index (χ2v) is 7.05. The van der Waals surface area contributed by atoms with Crippen molar-refractivity contribution in [2.75, 3.05) is 12.3 Å². The molecule has 0 bridgehead atoms. The second-order valence-electron chi connectivity index (χ2n) is 7.05. The normalized spacial score (nSPS) is 15.5. The first-order chi connectivity index (χ1) is 13.6. The highest BCUT2D eigenvalue weighted by Gasteiger charge is 2.30. The van der Waals surface area contributed by atoms with Gasteiger partial charge in [0.05, 0.1) is 12.5 Å². The molecule has 28 heavy (non-hydrogen) atoms. The first kappa shape index (κ1) is 19.6. The Kier molecular flexibility index (Phi) is 6.44. The smallest absolute Gasteiger partial charge is 0.205 e. The lowest BCUT2D eigenvalue weighted by molar-refractivity contribution is 0.304. The van der Waals surface area contributed by atoms with Crippen molar-refractivity contribution in [3.63, 3.8) is 0 Å². The predicted molar refractivity (Wildman–Crippen MR) is 111 cm³/mol. The summed E-state index contributed by atoms with van der Waals surface area (Å²) in [5, 5.41) is 9.62. The molecule has 1 heterocycles. The SMILES string of the molecule is CCCCCCCOc1ccc(C2C(C#N)=C(N)Oc3cc(N)ccc32)cc1. The molecule has 0 amide bonds. The maximum absolute atomic E-state index is 9.62. The fraction of sp³-hybridized carbons (Fsp3) is 0.348. The summed E-state index contributed by atoms with van der Waals surface area (Å²) in [4.78, 5) is 0. The largest absolute Gasteiger partial charge is 0.494 e. The van der Waals surface area contributed by atoms with Crippen LogP contribution in [0.15, 0.2) is 53.9 Å². The number of rotatable bonds is 8. The molecule has 1 aliphatic heterocycles. The molecule has 146 valence electrons. The van der Waals surface area contributed by atoms with E-state index in [2.05, 4.69) is 13.0 Å². The summed E-state index contributed by atoms with van der Waals surface area (Å²) in [6, 6.07) is 15.5. The highest BCUT2D eigenvalue weighted by atomic mass is 16.5. The van der Waals surface area contributed by atoms with E-state index in [4.69, 9.17) is 20.9 Å². The Hall–Kier alpha value is -3.13. The molecule has 0 spiro atoms. The van der Waals surface area contributed by atoms with E-state index in [1.54, 1.807) is 6.07 Å². The van der Waals surface area contributed by atoms with Gasteiger partial charge in [-0.2, -0.15) is 5.26 Å². The number of allylic oxidation sites excluding steroid dienone is 1. The summed E-state index contributed by atoms with van der Waals surface area (Å²) in [6.07, 6.45) is 6.05. The molecule has 0 aromatic heterocycles. The number of fused-ring (bicyclic) bond motifs is 1. The topological polar surface area (TPSA) is 94.3 Å². The highest BCUT2D eigenvalue weighted by molar-refractivity contribution is 5.59. The summed E-state index contributed by atoms with van der Waals surface area (Å²) in [5.74, 6) is 1.27. The zero-order valence-corrected chi connectivity index (χ0v) is 16.3. The maximum Gasteiger partial charge on any atom is 0.205 e. The minimum atomic E-state index is -0.280. The summed E-state index contributed by atoms with van der Waals surface area (Å²) in [5.41, 5.74) is 14.7. The Labute approximate surface area is 166 Å². The maximum atomic E-state index is 9.62. The van der Waals surface area contributed by atoms with Crippen molar-refractivity contribution >= 4 is 5.69 Å². The minimum Gasteiger partial charge on any atom is -0.494 e. The van der Waals surface area contributed by atoms with E-state index in [1.807, 2.05) is 36.4 Å². The Morgan fingerprint density at radius 1 is 1.04 bits per heavy atom. The van der Waals surface area contributed by atoms with Gasteiger partial charge in [-0.05, 0) is 30.2 Å². The van der Waals surface area contributed by atoms with Gasteiger partial charge in [-0.15, -0.1) is 0 Å². The molecule has 2 aromatic rings. The summed E-state index contributed by atoms with van der Waals surface area (Å²) >= 11 is 0. The van der Waals surface area contributed by atoms with Gasteiger partial charge in [-0.3, -0.25) is 0 Å². The van der Waals surface area contributed by atoms with E-state index in [1.165, 1.54) is 25.7 Å². The molecule has 1 aliphatic rings. The first-order valence-corrected chi connectivity index (χ1v) is 9.83. The van der Waals surface area contributed by atoms with Gasteiger partial charge in [-0.25, -0.2) is 0 Å². The van der Waals surface area contributed by atoms with Gasteiger partial charge in [0.1, 0.15) is 23.1 Å². The summed E-state index contributed by atoms with van der Waals surface area (Å²) in [7, 11) is 0. The fourth-order valence-corrected chi connectivity index (χ4v) is 3.47. The Morgan fingerprint density at radius 3 is 2.50 bits per heavy atom. The molecule has 0 saturated heterocycles. The monoisotopic (exact) mass is 377 g/mol. The number of nitrogens with zero attached hydrogens (tertiary/aromatic N) is 1. The lowest BCUT2D eigenvalue weighted by Gasteiger charge is -2.26. The van der Waals surface area contributed by atoms with Gasteiger partial charge >= 0.3 is 0 Å². The quantitative estimate of drug-likeness (QED) is 0.507. The van der Waals surface area contributed by atoms with E-state index in [0.29, 0.717) is 17.0 Å². The molecule has 0 aliphatic carbocycles. The van der Waals surface area contributed by atoms with Gasteiger partial charge < -0.3 is 20.9 Å². The van der Waals surface area contributed by atoms with E-state index in [0.717, 1.165) is 29.9 Å². The number of ether oxygens (including phenoxy) is 2. The number of nitrogen functional groups attached to an aromatic ring is 1. The molecule has 5 heteroatoms. The van der Waals surface area contributed by atoms with Crippen molar-refractivity contribution in [3.05, 3.63) is 65.0 Å². The zero-order valence-electron chi connectivity index (χ0n) is 16.3. The molecule has 1 atom stereocenters. The molecule has 0 fully saturated rings. The number of hydrogen-bond acceptors (Lipinski definition) is 5. The first-order valence-electron chi connectivity index (χ1n) is 9.83. The van der Waals surface area contributed by atoms with Gasteiger partial charge in [-0.1, -0.05) is 50.8 Å². The third-order valence-corrected chi connectivity index (χ3v) is 4.97. The number of hydrogen-bond donors (Lipinski definition) is 2. The Bertz CT molecular complexity index is 882. The lowest BCUT2D eigenvalue weighted by Crippen LogP contribution is -2.21. The summed E-state index contributed by atoms with van der Waals surface area (Å²) in [6.45, 7) is 2.93. The Morgan fingerprint density at radius 2 is 1.79 bits per heavy atom. The molecule has 5 nitrogen and oxygen atoms in total. The van der Waals surface area contributed by atoms with Gasteiger partial charge in [0.15, 0.2) is 0 Å². The standard InChI is InChI=1S/C23H27N3O2/c1-2-3-4-5-6-13-27-18-10-7-16(8-11-18)22-19-12-9-17(25)14-21(19)28-23(26)20(22)15-24/h7-12,14,22H,2-6,13,25-26H2,1H3. The molecule has 2 aromatic carbocycles. The third-order valence-electron chi connectivity index (χ3n) is 4.97. The average molecular weight is 377 g/mol. The third kappa shape index (κ3) is 4.40. The van der Waals surface area contributed by atoms with E-state index in [-0.39, 0.29) is 11.8 Å². The van der Waals surface area contributed by atoms with Crippen LogP contribution in [0.5, 0.6) is 11.5 Å². The average Bonchev–Trinajstić information content (AvgIpc) is 2.70. The van der Waals surface area contributed by atoms with Crippen LogP contribution in [0.25, 0.3) is 0 Å². The number of nitrogens with two attached hydrogens (primary N) is 2. The van der Waals surface area contributed by atoms with E-state index < -0.39 is 0 Å². The predicted octanol–water partition coefficient (Wildman–Crippen LogP) is 4.84. The van der Waals surface area contributed by atoms with Crippen molar-refractivity contribution in [1.82, 2.24) is 0 Å². The number of anilines is 1. The van der Waals surface area contributed by atoms with Crippen LogP contribution < -0.4 is 20.9 Å². The van der Waals surface area contributed by atoms with Gasteiger partial charge in [0.25, 0.3) is 0 Å². The number of unbranched alkanes of at least 4 members (excludes halogenated alkanes) is 4. The van der Waals surface area contributed by atoms with Crippen LogP contribution in [-0.4, -0.2) is 6.61 Å². The van der Waals surface area contributed by atoms with Crippen LogP contribution in [0, 0.1) is 11.3 Å². The van der Waals surface area contributed by atoms with Crippen LogP contribution >= 0.6 is 0 Å². The molecule has 0 saturated carbocycles. The minimum absolute atomic E-state index is 0.123. The summed E-state index contributed by atoms with van der Waals surface area (Å²) < 4.78 is 11.5. The Balaban J connectivity index is 1.75. The molecular formula is C23H27N3O2. The van der Waals surface area contributed by atoms with E-state index >= 15 is 0 Å². The molecular weight excluding hydrogens is 350 g/mol. The van der Waals surface area contributed by atoms with Crippen molar-refractivity contribution in [3.8, 4) is 17.6 Å². The van der Waals surface area contributed by atoms with Crippen LogP contribution in [0.1, 0.15) is 56.1 Å². The zero-order chi connectivity index (χ0) is 19.9. The van der Waals surface area contributed by atoms with Crippen LogP contribution in [0.3, 0.4) is 0 Å². The second kappa shape index (κ2) is 9.18. The molecule has 1 unspecified atom stereocenters. The van der Waals surface area contributed by atoms with E-state index in [9.17, 15) is 5.26 Å². The fourth-order valence-electron chi connectivity index (χ4n) is 3.47. The van der Waals surface area contributed by atoms with Crippen LogP contribution in [-0.2, 0) is 0 Å². The van der Waals surface area contributed by atoms with Crippen LogP contribution in [0.4, 0.5) is 5.69 Å². The number of nitriles is 1. The van der Waals surface area contributed by atoms with Crippen LogP contribution in [0.2, 0.25) is 0 Å². The van der Waals surface area contributed by atoms with Crippen molar-refractivity contribution in [1.29, 1.82) is 5.26 Å². The molecule has 0 radical (unpaired) electrons.